The third-order valence-electron chi connectivity index (χ3n) is 3.60. The van der Waals surface area contributed by atoms with Gasteiger partial charge in [-0.15, -0.1) is 0 Å². The first-order chi connectivity index (χ1) is 12.1. The molecule has 1 amide bonds. The summed E-state index contributed by atoms with van der Waals surface area (Å²) in [6.45, 7) is 4.34. The molecule has 6 nitrogen and oxygen atoms in total. The molecule has 0 aliphatic heterocycles. The van der Waals surface area contributed by atoms with Crippen LogP contribution in [0, 0.1) is 13.8 Å². The van der Waals surface area contributed by atoms with Crippen molar-refractivity contribution in [3.63, 3.8) is 0 Å². The van der Waals surface area contributed by atoms with E-state index in [0.29, 0.717) is 24.0 Å². The molecule has 3 rings (SSSR count). The Morgan fingerprint density at radius 2 is 2.04 bits per heavy atom. The highest BCUT2D eigenvalue weighted by Crippen LogP contribution is 2.20. The van der Waals surface area contributed by atoms with Gasteiger partial charge in [0.05, 0.1) is 16.3 Å². The van der Waals surface area contributed by atoms with E-state index in [0.717, 1.165) is 16.2 Å². The zero-order valence-corrected chi connectivity index (χ0v) is 14.8. The van der Waals surface area contributed by atoms with Gasteiger partial charge in [0.1, 0.15) is 0 Å². The van der Waals surface area contributed by atoms with E-state index in [2.05, 4.69) is 20.4 Å². The van der Waals surface area contributed by atoms with Gasteiger partial charge in [0.15, 0.2) is 5.82 Å². The van der Waals surface area contributed by atoms with Crippen LogP contribution in [0.25, 0.3) is 11.5 Å². The van der Waals surface area contributed by atoms with Crippen molar-refractivity contribution in [2.24, 2.45) is 0 Å². The summed E-state index contributed by atoms with van der Waals surface area (Å²) in [6, 6.07) is 11.7. The molecule has 7 heteroatoms. The van der Waals surface area contributed by atoms with E-state index in [1.54, 1.807) is 13.1 Å². The van der Waals surface area contributed by atoms with Gasteiger partial charge in [-0.2, -0.15) is 4.98 Å². The van der Waals surface area contributed by atoms with Gasteiger partial charge in [0.2, 0.25) is 5.91 Å². The van der Waals surface area contributed by atoms with Crippen molar-refractivity contribution < 1.29 is 9.32 Å². The molecule has 3 aromatic rings. The highest BCUT2D eigenvalue weighted by molar-refractivity contribution is 7.99. The highest BCUT2D eigenvalue weighted by Gasteiger charge is 2.08. The number of carbonyl (C=O) groups excluding carboxylic acids is 1. The molecule has 1 N–H and O–H groups in total. The van der Waals surface area contributed by atoms with E-state index in [1.807, 2.05) is 43.3 Å². The van der Waals surface area contributed by atoms with Crippen LogP contribution in [0.5, 0.6) is 0 Å². The molecule has 0 spiro atoms. The standard InChI is InChI=1S/C18H18N4O2S/c1-12-5-3-4-6-14(12)9-19-16(23)11-25-17-8-7-15(10-20-17)18-21-13(2)22-24-18/h3-8,10H,9,11H2,1-2H3,(H,19,23). The van der Waals surface area contributed by atoms with Crippen LogP contribution >= 0.6 is 11.8 Å². The zero-order valence-electron chi connectivity index (χ0n) is 14.0. The van der Waals surface area contributed by atoms with Gasteiger partial charge >= 0.3 is 0 Å². The van der Waals surface area contributed by atoms with Crippen LogP contribution in [-0.2, 0) is 11.3 Å². The molecule has 0 aliphatic carbocycles. The molecule has 2 heterocycles. The minimum Gasteiger partial charge on any atom is -0.351 e. The van der Waals surface area contributed by atoms with E-state index in [-0.39, 0.29) is 5.91 Å². The van der Waals surface area contributed by atoms with E-state index < -0.39 is 0 Å². The zero-order chi connectivity index (χ0) is 17.6. The second-order valence-electron chi connectivity index (χ2n) is 5.52. The molecule has 25 heavy (non-hydrogen) atoms. The first-order valence-corrected chi connectivity index (χ1v) is 8.81. The quantitative estimate of drug-likeness (QED) is 0.685. The van der Waals surface area contributed by atoms with E-state index in [1.165, 1.54) is 17.3 Å². The maximum atomic E-state index is 12.0. The van der Waals surface area contributed by atoms with Gasteiger partial charge in [-0.05, 0) is 37.1 Å². The van der Waals surface area contributed by atoms with Crippen molar-refractivity contribution in [3.8, 4) is 11.5 Å². The Morgan fingerprint density at radius 3 is 2.72 bits per heavy atom. The molecule has 0 bridgehead atoms. The maximum absolute atomic E-state index is 12.0. The summed E-state index contributed by atoms with van der Waals surface area (Å²) >= 11 is 1.39. The Morgan fingerprint density at radius 1 is 1.20 bits per heavy atom. The van der Waals surface area contributed by atoms with Crippen molar-refractivity contribution in [1.29, 1.82) is 0 Å². The third kappa shape index (κ3) is 4.67. The summed E-state index contributed by atoms with van der Waals surface area (Å²) in [4.78, 5) is 20.5. The molecule has 2 aromatic heterocycles. The Labute approximate surface area is 150 Å². The number of rotatable bonds is 6. The van der Waals surface area contributed by atoms with Crippen molar-refractivity contribution in [2.45, 2.75) is 25.4 Å². The largest absolute Gasteiger partial charge is 0.351 e. The second kappa shape index (κ2) is 7.94. The summed E-state index contributed by atoms with van der Waals surface area (Å²) in [7, 11) is 0. The highest BCUT2D eigenvalue weighted by atomic mass is 32.2. The maximum Gasteiger partial charge on any atom is 0.259 e. The van der Waals surface area contributed by atoms with Crippen LogP contribution < -0.4 is 5.32 Å². The molecule has 0 aliphatic rings. The summed E-state index contributed by atoms with van der Waals surface area (Å²) < 4.78 is 5.10. The first-order valence-electron chi connectivity index (χ1n) is 7.82. The van der Waals surface area contributed by atoms with Crippen molar-refractivity contribution in [2.75, 3.05) is 5.75 Å². The number of hydrogen-bond donors (Lipinski definition) is 1. The number of pyridine rings is 1. The lowest BCUT2D eigenvalue weighted by Gasteiger charge is -2.07. The number of aromatic nitrogens is 3. The van der Waals surface area contributed by atoms with E-state index in [9.17, 15) is 4.79 Å². The summed E-state index contributed by atoms with van der Waals surface area (Å²) in [5, 5.41) is 7.45. The number of benzene rings is 1. The average Bonchev–Trinajstić information content (AvgIpc) is 3.06. The van der Waals surface area contributed by atoms with Crippen LogP contribution in [0.4, 0.5) is 0 Å². The van der Waals surface area contributed by atoms with E-state index in [4.69, 9.17) is 4.52 Å². The van der Waals surface area contributed by atoms with Gasteiger partial charge in [-0.3, -0.25) is 4.79 Å². The third-order valence-corrected chi connectivity index (χ3v) is 4.54. The average molecular weight is 354 g/mol. The fourth-order valence-electron chi connectivity index (χ4n) is 2.20. The van der Waals surface area contributed by atoms with Crippen molar-refractivity contribution >= 4 is 17.7 Å². The minimum absolute atomic E-state index is 0.0216. The van der Waals surface area contributed by atoms with Crippen LogP contribution in [0.3, 0.4) is 0 Å². The minimum atomic E-state index is -0.0216. The van der Waals surface area contributed by atoms with Gasteiger partial charge in [-0.25, -0.2) is 4.98 Å². The SMILES string of the molecule is Cc1noc(-c2ccc(SCC(=O)NCc3ccccc3C)nc2)n1. The monoisotopic (exact) mass is 354 g/mol. The van der Waals surface area contributed by atoms with Crippen LogP contribution in [0.15, 0.2) is 52.1 Å². The molecular weight excluding hydrogens is 336 g/mol. The molecule has 0 saturated heterocycles. The molecule has 0 atom stereocenters. The predicted molar refractivity (Wildman–Crippen MR) is 96.0 cm³/mol. The van der Waals surface area contributed by atoms with Crippen LogP contribution in [-0.4, -0.2) is 26.8 Å². The fourth-order valence-corrected chi connectivity index (χ4v) is 2.87. The van der Waals surface area contributed by atoms with Gasteiger partial charge in [-0.1, -0.05) is 41.2 Å². The number of nitrogens with one attached hydrogen (secondary N) is 1. The lowest BCUT2D eigenvalue weighted by Crippen LogP contribution is -2.24. The Kier molecular flexibility index (Phi) is 5.45. The predicted octanol–water partition coefficient (Wildman–Crippen LogP) is 3.16. The van der Waals surface area contributed by atoms with Crippen LogP contribution in [0.2, 0.25) is 0 Å². The Bertz CT molecular complexity index is 862. The number of amides is 1. The van der Waals surface area contributed by atoms with Gasteiger partial charge in [0, 0.05) is 12.7 Å². The van der Waals surface area contributed by atoms with E-state index >= 15 is 0 Å². The Balaban J connectivity index is 1.49. The fraction of sp³-hybridized carbons (Fsp3) is 0.222. The number of thioether (sulfide) groups is 1. The van der Waals surface area contributed by atoms with Gasteiger partial charge in [0.25, 0.3) is 5.89 Å². The number of carbonyl (C=O) groups is 1. The summed E-state index contributed by atoms with van der Waals surface area (Å²) in [6.07, 6.45) is 1.67. The molecule has 0 fully saturated rings. The van der Waals surface area contributed by atoms with Crippen molar-refractivity contribution in [3.05, 3.63) is 59.5 Å². The van der Waals surface area contributed by atoms with Crippen LogP contribution in [0.1, 0.15) is 17.0 Å². The second-order valence-corrected chi connectivity index (χ2v) is 6.52. The van der Waals surface area contributed by atoms with Gasteiger partial charge < -0.3 is 9.84 Å². The number of nitrogens with zero attached hydrogens (tertiary/aromatic N) is 3. The molecular formula is C18H18N4O2S. The molecule has 0 unspecified atom stereocenters. The lowest BCUT2D eigenvalue weighted by molar-refractivity contribution is -0.118. The molecule has 1 aromatic carbocycles. The molecule has 128 valence electrons. The summed E-state index contributed by atoms with van der Waals surface area (Å²) in [5.74, 6) is 1.32. The normalized spacial score (nSPS) is 10.6. The summed E-state index contributed by atoms with van der Waals surface area (Å²) in [5.41, 5.74) is 3.05. The number of aryl methyl sites for hydroxylation is 2. The first kappa shape index (κ1) is 17.2. The number of hydrogen-bond acceptors (Lipinski definition) is 6. The molecule has 0 radical (unpaired) electrons. The smallest absolute Gasteiger partial charge is 0.259 e. The lowest BCUT2D eigenvalue weighted by atomic mass is 10.1. The Hall–Kier alpha value is -2.67. The topological polar surface area (TPSA) is 80.9 Å². The van der Waals surface area contributed by atoms with Crippen molar-refractivity contribution in [1.82, 2.24) is 20.4 Å². The molecule has 0 saturated carbocycles.